The lowest BCUT2D eigenvalue weighted by molar-refractivity contribution is -0.224. The standard InChI is InChI=1S/C20H26O6/c1-6-10(2)17(22)25-16-15-11(3)18(23)26-20(15,24)9-13-7-8-14(21)12(4)19(13,16)5/h6,12-13,16,24H,7-9H2,1-5H3/b10-6-/t12-,13+,16+,19+,20-/m0/s1. The highest BCUT2D eigenvalue weighted by molar-refractivity contribution is 5.93. The number of ether oxygens (including phenoxy) is 2. The van der Waals surface area contributed by atoms with Crippen molar-refractivity contribution in [1.82, 2.24) is 0 Å². The molecule has 0 aromatic rings. The van der Waals surface area contributed by atoms with Gasteiger partial charge in [0.2, 0.25) is 5.79 Å². The summed E-state index contributed by atoms with van der Waals surface area (Å²) in [6, 6.07) is 0. The molecule has 0 radical (unpaired) electrons. The topological polar surface area (TPSA) is 89.9 Å². The summed E-state index contributed by atoms with van der Waals surface area (Å²) >= 11 is 0. The predicted octanol–water partition coefficient (Wildman–Crippen LogP) is 2.45. The Kier molecular flexibility index (Phi) is 4.38. The first-order valence-corrected chi connectivity index (χ1v) is 9.09. The number of rotatable bonds is 2. The van der Waals surface area contributed by atoms with Gasteiger partial charge >= 0.3 is 11.9 Å². The molecule has 0 aromatic carbocycles. The quantitative estimate of drug-likeness (QED) is 0.599. The number of ketones is 1. The van der Waals surface area contributed by atoms with Gasteiger partial charge in [0.25, 0.3) is 0 Å². The SMILES string of the molecule is C/C=C(/C)C(=O)O[C@@H]1C2=C(C)C(=O)O[C@@]2(O)C[C@H]2CCC(=O)[C@H](C)[C@]21C. The second-order valence-electron chi connectivity index (χ2n) is 7.96. The Bertz CT molecular complexity index is 747. The van der Waals surface area contributed by atoms with Gasteiger partial charge in [0.05, 0.1) is 5.57 Å². The molecule has 6 nitrogen and oxygen atoms in total. The zero-order valence-electron chi connectivity index (χ0n) is 15.9. The molecule has 1 aliphatic heterocycles. The summed E-state index contributed by atoms with van der Waals surface area (Å²) in [6.45, 7) is 8.71. The molecule has 3 aliphatic rings. The van der Waals surface area contributed by atoms with Crippen LogP contribution in [0.15, 0.2) is 22.8 Å². The lowest BCUT2D eigenvalue weighted by Crippen LogP contribution is -2.61. The van der Waals surface area contributed by atoms with Gasteiger partial charge < -0.3 is 14.6 Å². The fraction of sp³-hybridized carbons (Fsp3) is 0.650. The van der Waals surface area contributed by atoms with Gasteiger partial charge in [-0.05, 0) is 33.1 Å². The van der Waals surface area contributed by atoms with E-state index < -0.39 is 29.2 Å². The van der Waals surface area contributed by atoms with Gasteiger partial charge in [-0.2, -0.15) is 0 Å². The van der Waals surface area contributed by atoms with Crippen molar-refractivity contribution in [3.05, 3.63) is 22.8 Å². The summed E-state index contributed by atoms with van der Waals surface area (Å²) in [4.78, 5) is 37.2. The van der Waals surface area contributed by atoms with E-state index in [1.165, 1.54) is 0 Å². The maximum absolute atomic E-state index is 12.5. The van der Waals surface area contributed by atoms with Crippen molar-refractivity contribution in [1.29, 1.82) is 0 Å². The molecule has 0 aromatic heterocycles. The highest BCUT2D eigenvalue weighted by atomic mass is 16.7. The number of hydrogen-bond acceptors (Lipinski definition) is 6. The summed E-state index contributed by atoms with van der Waals surface area (Å²) in [7, 11) is 0. The number of allylic oxidation sites excluding steroid dienone is 1. The van der Waals surface area contributed by atoms with Crippen LogP contribution in [0.5, 0.6) is 0 Å². The Hall–Kier alpha value is -1.95. The van der Waals surface area contributed by atoms with Crippen molar-refractivity contribution in [2.75, 3.05) is 0 Å². The Labute approximate surface area is 153 Å². The number of carbonyl (C=O) groups excluding carboxylic acids is 3. The Morgan fingerprint density at radius 1 is 1.38 bits per heavy atom. The predicted molar refractivity (Wildman–Crippen MR) is 92.7 cm³/mol. The number of hydrogen-bond donors (Lipinski definition) is 1. The van der Waals surface area contributed by atoms with Crippen LogP contribution in [0.3, 0.4) is 0 Å². The fourth-order valence-electron chi connectivity index (χ4n) is 4.70. The van der Waals surface area contributed by atoms with Crippen molar-refractivity contribution >= 4 is 17.7 Å². The maximum Gasteiger partial charge on any atom is 0.336 e. The summed E-state index contributed by atoms with van der Waals surface area (Å²) in [6.07, 6.45) is 1.96. The van der Waals surface area contributed by atoms with Crippen molar-refractivity contribution in [3.8, 4) is 0 Å². The molecular weight excluding hydrogens is 336 g/mol. The first kappa shape index (κ1) is 18.8. The monoisotopic (exact) mass is 362 g/mol. The molecule has 0 unspecified atom stereocenters. The lowest BCUT2D eigenvalue weighted by Gasteiger charge is -2.55. The van der Waals surface area contributed by atoms with E-state index in [1.807, 2.05) is 13.8 Å². The number of aliphatic hydroxyl groups is 1. The first-order chi connectivity index (χ1) is 12.1. The van der Waals surface area contributed by atoms with Crippen LogP contribution in [-0.2, 0) is 23.9 Å². The van der Waals surface area contributed by atoms with Crippen molar-refractivity contribution in [2.24, 2.45) is 17.3 Å². The molecule has 1 heterocycles. The molecule has 26 heavy (non-hydrogen) atoms. The molecule has 1 N–H and O–H groups in total. The van der Waals surface area contributed by atoms with Gasteiger partial charge in [-0.1, -0.05) is 19.9 Å². The second kappa shape index (κ2) is 6.05. The van der Waals surface area contributed by atoms with Crippen LogP contribution < -0.4 is 0 Å². The highest BCUT2D eigenvalue weighted by Crippen LogP contribution is 2.59. The van der Waals surface area contributed by atoms with E-state index in [1.54, 1.807) is 26.8 Å². The normalized spacial score (nSPS) is 40.1. The fourth-order valence-corrected chi connectivity index (χ4v) is 4.70. The zero-order valence-corrected chi connectivity index (χ0v) is 15.9. The van der Waals surface area contributed by atoms with E-state index in [-0.39, 0.29) is 29.6 Å². The van der Waals surface area contributed by atoms with Gasteiger partial charge in [0, 0.05) is 35.3 Å². The van der Waals surface area contributed by atoms with Crippen LogP contribution in [0.25, 0.3) is 0 Å². The minimum Gasteiger partial charge on any atom is -0.454 e. The summed E-state index contributed by atoms with van der Waals surface area (Å²) < 4.78 is 11.1. The minimum absolute atomic E-state index is 0.105. The van der Waals surface area contributed by atoms with Gasteiger partial charge in [-0.25, -0.2) is 9.59 Å². The molecule has 142 valence electrons. The van der Waals surface area contributed by atoms with Crippen LogP contribution in [0, 0.1) is 17.3 Å². The van der Waals surface area contributed by atoms with Gasteiger partial charge in [-0.15, -0.1) is 0 Å². The second-order valence-corrected chi connectivity index (χ2v) is 7.96. The first-order valence-electron chi connectivity index (χ1n) is 9.09. The molecule has 0 bridgehead atoms. The van der Waals surface area contributed by atoms with Crippen molar-refractivity contribution in [2.45, 2.75) is 65.8 Å². The Morgan fingerprint density at radius 2 is 2.04 bits per heavy atom. The van der Waals surface area contributed by atoms with Crippen molar-refractivity contribution < 1.29 is 29.0 Å². The van der Waals surface area contributed by atoms with Gasteiger partial charge in [-0.3, -0.25) is 4.79 Å². The Morgan fingerprint density at radius 3 is 2.65 bits per heavy atom. The molecule has 5 atom stereocenters. The van der Waals surface area contributed by atoms with E-state index >= 15 is 0 Å². The van der Waals surface area contributed by atoms with E-state index in [0.29, 0.717) is 24.0 Å². The van der Waals surface area contributed by atoms with Crippen LogP contribution in [-0.4, -0.2) is 34.7 Å². The molecule has 2 saturated carbocycles. The molecule has 0 saturated heterocycles. The molecule has 0 amide bonds. The van der Waals surface area contributed by atoms with Crippen molar-refractivity contribution in [3.63, 3.8) is 0 Å². The average Bonchev–Trinajstić information content (AvgIpc) is 2.81. The highest BCUT2D eigenvalue weighted by Gasteiger charge is 2.65. The number of carbonyl (C=O) groups is 3. The number of fused-ring (bicyclic) bond motifs is 2. The molecule has 0 spiro atoms. The summed E-state index contributed by atoms with van der Waals surface area (Å²) in [5, 5.41) is 11.0. The lowest BCUT2D eigenvalue weighted by atomic mass is 9.52. The molecule has 2 aliphatic carbocycles. The van der Waals surface area contributed by atoms with Gasteiger partial charge in [0.15, 0.2) is 0 Å². The molecular formula is C20H26O6. The number of Topliss-reactive ketones (excluding diaryl/α,β-unsaturated/α-hetero) is 1. The van der Waals surface area contributed by atoms with E-state index in [4.69, 9.17) is 9.47 Å². The van der Waals surface area contributed by atoms with Crippen LogP contribution in [0.1, 0.15) is 53.9 Å². The molecule has 3 rings (SSSR count). The third-order valence-corrected chi connectivity index (χ3v) is 6.76. The summed E-state index contributed by atoms with van der Waals surface area (Å²) in [5.41, 5.74) is 0.279. The van der Waals surface area contributed by atoms with Crippen LogP contribution in [0.4, 0.5) is 0 Å². The third-order valence-electron chi connectivity index (χ3n) is 6.76. The van der Waals surface area contributed by atoms with Crippen LogP contribution in [0.2, 0.25) is 0 Å². The van der Waals surface area contributed by atoms with Crippen LogP contribution >= 0.6 is 0 Å². The smallest absolute Gasteiger partial charge is 0.336 e. The maximum atomic E-state index is 12.5. The largest absolute Gasteiger partial charge is 0.454 e. The molecule has 2 fully saturated rings. The number of esters is 2. The minimum atomic E-state index is -1.76. The third kappa shape index (κ3) is 2.46. The van der Waals surface area contributed by atoms with E-state index in [9.17, 15) is 19.5 Å². The zero-order chi connectivity index (χ0) is 19.4. The van der Waals surface area contributed by atoms with E-state index in [2.05, 4.69) is 0 Å². The van der Waals surface area contributed by atoms with Gasteiger partial charge in [0.1, 0.15) is 11.9 Å². The Balaban J connectivity index is 2.15. The van der Waals surface area contributed by atoms with E-state index in [0.717, 1.165) is 0 Å². The average molecular weight is 362 g/mol. The molecule has 6 heteroatoms. The summed E-state index contributed by atoms with van der Waals surface area (Å²) in [5.74, 6) is -3.24.